The lowest BCUT2D eigenvalue weighted by Gasteiger charge is -2.07. The summed E-state index contributed by atoms with van der Waals surface area (Å²) >= 11 is 1.78. The average Bonchev–Trinajstić information content (AvgIpc) is 2.65. The summed E-state index contributed by atoms with van der Waals surface area (Å²) in [5.41, 5.74) is 1.30. The van der Waals surface area contributed by atoms with Crippen LogP contribution in [-0.4, -0.2) is 6.54 Å². The van der Waals surface area contributed by atoms with Gasteiger partial charge >= 0.3 is 0 Å². The number of thiophene rings is 1. The van der Waals surface area contributed by atoms with Gasteiger partial charge in [-0.15, -0.1) is 11.3 Å². The van der Waals surface area contributed by atoms with Crippen LogP contribution in [0.15, 0.2) is 18.2 Å². The fourth-order valence-electron chi connectivity index (χ4n) is 2.18. The molecule has 0 bridgehead atoms. The Morgan fingerprint density at radius 3 is 2.78 bits per heavy atom. The van der Waals surface area contributed by atoms with Gasteiger partial charge in [-0.25, -0.2) is 4.39 Å². The molecule has 0 unspecified atom stereocenters. The fourth-order valence-corrected chi connectivity index (χ4v) is 3.42. The number of halogens is 1. The maximum absolute atomic E-state index is 13.3. The molecule has 18 heavy (non-hydrogen) atoms. The summed E-state index contributed by atoms with van der Waals surface area (Å²) in [6, 6.07) is 5.10. The van der Waals surface area contributed by atoms with Crippen molar-refractivity contribution in [1.29, 1.82) is 0 Å². The Labute approximate surface area is 112 Å². The van der Waals surface area contributed by atoms with E-state index < -0.39 is 0 Å². The maximum Gasteiger partial charge on any atom is 0.123 e. The van der Waals surface area contributed by atoms with Gasteiger partial charge in [0, 0.05) is 16.1 Å². The molecule has 0 saturated heterocycles. The molecule has 0 aliphatic heterocycles. The van der Waals surface area contributed by atoms with Crippen LogP contribution in [0.1, 0.15) is 31.2 Å². The van der Waals surface area contributed by atoms with Crippen molar-refractivity contribution in [2.45, 2.75) is 33.7 Å². The minimum atomic E-state index is -0.142. The molecular formula is C15H20FNS. The zero-order chi connectivity index (χ0) is 13.1. The molecule has 1 aromatic heterocycles. The predicted octanol–water partition coefficient (Wildman–Crippen LogP) is 4.35. The first kappa shape index (κ1) is 13.5. The van der Waals surface area contributed by atoms with Crippen LogP contribution in [0.25, 0.3) is 10.1 Å². The molecule has 0 fully saturated rings. The maximum atomic E-state index is 13.3. The van der Waals surface area contributed by atoms with E-state index in [1.165, 1.54) is 15.1 Å². The summed E-state index contributed by atoms with van der Waals surface area (Å²) in [6.07, 6.45) is 0.960. The second-order valence-corrected chi connectivity index (χ2v) is 6.16. The largest absolute Gasteiger partial charge is 0.312 e. The molecule has 0 saturated carbocycles. The van der Waals surface area contributed by atoms with Crippen molar-refractivity contribution in [3.8, 4) is 0 Å². The molecule has 0 atom stereocenters. The van der Waals surface area contributed by atoms with E-state index in [-0.39, 0.29) is 5.82 Å². The number of aryl methyl sites for hydroxylation is 1. The lowest BCUT2D eigenvalue weighted by molar-refractivity contribution is 0.554. The predicted molar refractivity (Wildman–Crippen MR) is 77.7 cm³/mol. The molecule has 0 spiro atoms. The highest BCUT2D eigenvalue weighted by atomic mass is 32.1. The molecule has 1 nitrogen and oxygen atoms in total. The minimum absolute atomic E-state index is 0.142. The van der Waals surface area contributed by atoms with Gasteiger partial charge in [0.15, 0.2) is 0 Å². The molecule has 1 N–H and O–H groups in total. The Bertz CT molecular complexity index is 531. The third-order valence-corrected chi connectivity index (χ3v) is 4.24. The van der Waals surface area contributed by atoms with Crippen LogP contribution in [0.2, 0.25) is 0 Å². The van der Waals surface area contributed by atoms with E-state index in [1.54, 1.807) is 23.5 Å². The third kappa shape index (κ3) is 2.90. The van der Waals surface area contributed by atoms with Crippen LogP contribution in [0.3, 0.4) is 0 Å². The Hall–Kier alpha value is -0.930. The van der Waals surface area contributed by atoms with Gasteiger partial charge in [0.2, 0.25) is 0 Å². The fraction of sp³-hybridized carbons (Fsp3) is 0.467. The first-order valence-corrected chi connectivity index (χ1v) is 7.34. The van der Waals surface area contributed by atoms with Crippen molar-refractivity contribution >= 4 is 21.4 Å². The summed E-state index contributed by atoms with van der Waals surface area (Å²) in [6.45, 7) is 8.45. The van der Waals surface area contributed by atoms with Crippen LogP contribution in [-0.2, 0) is 13.0 Å². The Kier molecular flexibility index (Phi) is 4.36. The van der Waals surface area contributed by atoms with Crippen molar-refractivity contribution in [2.75, 3.05) is 6.54 Å². The average molecular weight is 265 g/mol. The first-order valence-electron chi connectivity index (χ1n) is 6.52. The molecule has 2 aromatic rings. The van der Waals surface area contributed by atoms with Crippen molar-refractivity contribution in [2.24, 2.45) is 5.92 Å². The van der Waals surface area contributed by atoms with Gasteiger partial charge < -0.3 is 5.32 Å². The molecule has 0 aliphatic rings. The molecule has 2 rings (SSSR count). The van der Waals surface area contributed by atoms with E-state index in [2.05, 4.69) is 26.1 Å². The van der Waals surface area contributed by atoms with Crippen molar-refractivity contribution in [3.05, 3.63) is 34.5 Å². The van der Waals surface area contributed by atoms with E-state index in [1.807, 2.05) is 6.07 Å². The zero-order valence-electron chi connectivity index (χ0n) is 11.2. The number of fused-ring (bicyclic) bond motifs is 1. The van der Waals surface area contributed by atoms with E-state index in [4.69, 9.17) is 0 Å². The zero-order valence-corrected chi connectivity index (χ0v) is 12.0. The molecule has 0 radical (unpaired) electrons. The summed E-state index contributed by atoms with van der Waals surface area (Å²) in [5.74, 6) is 0.513. The van der Waals surface area contributed by atoms with E-state index in [0.29, 0.717) is 5.92 Å². The molecular weight excluding hydrogens is 245 g/mol. The molecule has 1 aromatic carbocycles. The van der Waals surface area contributed by atoms with Crippen LogP contribution in [0, 0.1) is 11.7 Å². The molecule has 0 aliphatic carbocycles. The van der Waals surface area contributed by atoms with Gasteiger partial charge in [-0.1, -0.05) is 20.8 Å². The summed E-state index contributed by atoms with van der Waals surface area (Å²) in [7, 11) is 0. The van der Waals surface area contributed by atoms with Gasteiger partial charge in [0.25, 0.3) is 0 Å². The molecule has 3 heteroatoms. The van der Waals surface area contributed by atoms with Gasteiger partial charge in [0.1, 0.15) is 5.82 Å². The standard InChI is InChI=1S/C15H20FNS/c1-4-12-13-7-11(16)5-6-14(13)18-15(12)9-17-8-10(2)3/h5-7,10,17H,4,8-9H2,1-3H3. The van der Waals surface area contributed by atoms with Crippen molar-refractivity contribution in [3.63, 3.8) is 0 Å². The van der Waals surface area contributed by atoms with Gasteiger partial charge in [-0.2, -0.15) is 0 Å². The third-order valence-electron chi connectivity index (χ3n) is 3.03. The highest BCUT2D eigenvalue weighted by Crippen LogP contribution is 2.32. The van der Waals surface area contributed by atoms with Gasteiger partial charge in [-0.3, -0.25) is 0 Å². The van der Waals surface area contributed by atoms with E-state index in [0.717, 1.165) is 24.9 Å². The molecule has 0 amide bonds. The topological polar surface area (TPSA) is 12.0 Å². The lowest BCUT2D eigenvalue weighted by atomic mass is 10.1. The Balaban J connectivity index is 2.27. The molecule has 98 valence electrons. The first-order chi connectivity index (χ1) is 8.61. The number of nitrogens with one attached hydrogen (secondary N) is 1. The lowest BCUT2D eigenvalue weighted by Crippen LogP contribution is -2.18. The van der Waals surface area contributed by atoms with E-state index >= 15 is 0 Å². The highest BCUT2D eigenvalue weighted by molar-refractivity contribution is 7.19. The number of benzene rings is 1. The number of rotatable bonds is 5. The van der Waals surface area contributed by atoms with Crippen molar-refractivity contribution < 1.29 is 4.39 Å². The van der Waals surface area contributed by atoms with Crippen LogP contribution < -0.4 is 5.32 Å². The van der Waals surface area contributed by atoms with Crippen molar-refractivity contribution in [1.82, 2.24) is 5.32 Å². The summed E-state index contributed by atoms with van der Waals surface area (Å²) in [4.78, 5) is 1.35. The quantitative estimate of drug-likeness (QED) is 0.847. The second-order valence-electron chi connectivity index (χ2n) is 5.02. The number of hydrogen-bond acceptors (Lipinski definition) is 2. The summed E-state index contributed by atoms with van der Waals surface area (Å²) < 4.78 is 14.5. The Morgan fingerprint density at radius 1 is 1.33 bits per heavy atom. The van der Waals surface area contributed by atoms with Crippen LogP contribution in [0.5, 0.6) is 0 Å². The van der Waals surface area contributed by atoms with Gasteiger partial charge in [0.05, 0.1) is 0 Å². The second kappa shape index (κ2) is 5.81. The highest BCUT2D eigenvalue weighted by Gasteiger charge is 2.11. The monoisotopic (exact) mass is 265 g/mol. The Morgan fingerprint density at radius 2 is 2.11 bits per heavy atom. The van der Waals surface area contributed by atoms with Crippen LogP contribution >= 0.6 is 11.3 Å². The molecule has 1 heterocycles. The summed E-state index contributed by atoms with van der Waals surface area (Å²) in [5, 5.41) is 4.55. The van der Waals surface area contributed by atoms with Crippen LogP contribution in [0.4, 0.5) is 4.39 Å². The SMILES string of the molecule is CCc1c(CNCC(C)C)sc2ccc(F)cc12. The minimum Gasteiger partial charge on any atom is -0.312 e. The normalized spacial score (nSPS) is 11.6. The van der Waals surface area contributed by atoms with Gasteiger partial charge in [-0.05, 0) is 48.0 Å². The smallest absolute Gasteiger partial charge is 0.123 e. The number of hydrogen-bond donors (Lipinski definition) is 1. The van der Waals surface area contributed by atoms with E-state index in [9.17, 15) is 4.39 Å².